The fourth-order valence-electron chi connectivity index (χ4n) is 3.71. The molecule has 0 aliphatic carbocycles. The van der Waals surface area contributed by atoms with Crippen molar-refractivity contribution < 1.29 is 14.5 Å². The molecular formula is C24H23N2O2+. The van der Waals surface area contributed by atoms with Crippen molar-refractivity contribution in [2.24, 2.45) is 0 Å². The van der Waals surface area contributed by atoms with Crippen LogP contribution in [0.2, 0.25) is 0 Å². The van der Waals surface area contributed by atoms with Crippen LogP contribution < -0.4 is 4.57 Å². The summed E-state index contributed by atoms with van der Waals surface area (Å²) >= 11 is 0. The molecule has 1 N–H and O–H groups in total. The molecule has 1 aliphatic heterocycles. The van der Waals surface area contributed by atoms with Gasteiger partial charge < -0.3 is 10.0 Å². The summed E-state index contributed by atoms with van der Waals surface area (Å²) in [5.74, 6) is -0.0247. The lowest BCUT2D eigenvalue weighted by molar-refractivity contribution is -0.568. The quantitative estimate of drug-likeness (QED) is 0.693. The highest BCUT2D eigenvalue weighted by atomic mass is 16.3. The third-order valence-corrected chi connectivity index (χ3v) is 5.25. The standard InChI is InChI=1S/C24H22N2O2/c1-18(19-10-4-2-5-11-19)25-17-15-22(27)23(24(25)28)26-16-9-8-14-21(26)20-12-6-3-7-13-20/h2-14,16,18H,15,17H2,1H3/p+1/t18-/m0/s1. The first-order chi connectivity index (χ1) is 13.7. The second-order valence-electron chi connectivity index (χ2n) is 6.95. The number of carbonyl (C=O) groups excluding carboxylic acids is 1. The van der Waals surface area contributed by atoms with Crippen molar-refractivity contribution >= 4 is 11.6 Å². The molecule has 1 aliphatic rings. The van der Waals surface area contributed by atoms with E-state index in [1.54, 1.807) is 4.57 Å². The molecule has 1 atom stereocenters. The van der Waals surface area contributed by atoms with Crippen LogP contribution in [-0.2, 0) is 4.79 Å². The van der Waals surface area contributed by atoms with E-state index in [1.807, 2.05) is 96.9 Å². The van der Waals surface area contributed by atoms with Gasteiger partial charge in [-0.2, -0.15) is 4.57 Å². The lowest BCUT2D eigenvalue weighted by Gasteiger charge is -2.31. The molecule has 3 aromatic rings. The second-order valence-corrected chi connectivity index (χ2v) is 6.95. The van der Waals surface area contributed by atoms with Gasteiger partial charge >= 0.3 is 11.6 Å². The third-order valence-electron chi connectivity index (χ3n) is 5.25. The van der Waals surface area contributed by atoms with Gasteiger partial charge in [-0.15, -0.1) is 0 Å². The Morgan fingerprint density at radius 2 is 1.57 bits per heavy atom. The molecule has 0 saturated carbocycles. The van der Waals surface area contributed by atoms with E-state index >= 15 is 0 Å². The number of hydrogen-bond donors (Lipinski definition) is 1. The molecule has 1 amide bonds. The van der Waals surface area contributed by atoms with E-state index < -0.39 is 0 Å². The predicted octanol–water partition coefficient (Wildman–Crippen LogP) is 4.36. The average Bonchev–Trinajstić information content (AvgIpc) is 2.75. The summed E-state index contributed by atoms with van der Waals surface area (Å²) < 4.78 is 1.80. The van der Waals surface area contributed by atoms with E-state index in [0.717, 1.165) is 16.8 Å². The zero-order valence-corrected chi connectivity index (χ0v) is 15.8. The van der Waals surface area contributed by atoms with Gasteiger partial charge in [0.1, 0.15) is 0 Å². The molecule has 0 saturated heterocycles. The molecule has 4 nitrogen and oxygen atoms in total. The number of aliphatic hydroxyl groups is 1. The Balaban J connectivity index is 1.75. The molecule has 4 heteroatoms. The van der Waals surface area contributed by atoms with E-state index in [9.17, 15) is 9.90 Å². The maximum absolute atomic E-state index is 13.4. The highest BCUT2D eigenvalue weighted by molar-refractivity contribution is 6.11. The fourth-order valence-corrected chi connectivity index (χ4v) is 3.71. The Hall–Kier alpha value is -3.40. The monoisotopic (exact) mass is 371 g/mol. The first kappa shape index (κ1) is 18.0. The van der Waals surface area contributed by atoms with Crippen molar-refractivity contribution in [3.63, 3.8) is 0 Å². The Bertz CT molecular complexity index is 1010. The van der Waals surface area contributed by atoms with E-state index in [1.165, 1.54) is 0 Å². The van der Waals surface area contributed by atoms with Crippen LogP contribution in [0.4, 0.5) is 0 Å². The van der Waals surface area contributed by atoms with E-state index in [2.05, 4.69) is 0 Å². The molecule has 2 aromatic carbocycles. The van der Waals surface area contributed by atoms with Crippen LogP contribution in [0.3, 0.4) is 0 Å². The average molecular weight is 371 g/mol. The SMILES string of the molecule is C[C@@H](c1ccccc1)N1CCC(O)=C([n+]2ccccc2-c2ccccc2)C1=O. The lowest BCUT2D eigenvalue weighted by Crippen LogP contribution is -2.49. The van der Waals surface area contributed by atoms with Gasteiger partial charge in [-0.05, 0) is 30.7 Å². The maximum atomic E-state index is 13.4. The largest absolute Gasteiger partial charge is 0.506 e. The number of hydrogen-bond acceptors (Lipinski definition) is 2. The van der Waals surface area contributed by atoms with Gasteiger partial charge in [0.05, 0.1) is 6.04 Å². The number of carbonyl (C=O) groups is 1. The van der Waals surface area contributed by atoms with Crippen LogP contribution in [0.1, 0.15) is 24.9 Å². The summed E-state index contributed by atoms with van der Waals surface area (Å²) in [7, 11) is 0. The van der Waals surface area contributed by atoms with Crippen molar-refractivity contribution in [3.05, 3.63) is 96.4 Å². The summed E-state index contributed by atoms with van der Waals surface area (Å²) in [4.78, 5) is 15.3. The number of rotatable bonds is 4. The Morgan fingerprint density at radius 3 is 2.29 bits per heavy atom. The van der Waals surface area contributed by atoms with Gasteiger partial charge in [0.25, 0.3) is 0 Å². The van der Waals surface area contributed by atoms with Crippen LogP contribution >= 0.6 is 0 Å². The van der Waals surface area contributed by atoms with Crippen LogP contribution in [0, 0.1) is 0 Å². The molecule has 0 unspecified atom stereocenters. The predicted molar refractivity (Wildman–Crippen MR) is 109 cm³/mol. The maximum Gasteiger partial charge on any atom is 0.323 e. The minimum Gasteiger partial charge on any atom is -0.506 e. The first-order valence-electron chi connectivity index (χ1n) is 9.51. The summed E-state index contributed by atoms with van der Waals surface area (Å²) in [6.45, 7) is 2.53. The summed E-state index contributed by atoms with van der Waals surface area (Å²) in [6.07, 6.45) is 2.27. The van der Waals surface area contributed by atoms with Gasteiger partial charge in [0.15, 0.2) is 12.0 Å². The topological polar surface area (TPSA) is 44.4 Å². The molecule has 0 bridgehead atoms. The third kappa shape index (κ3) is 3.29. The first-order valence-corrected chi connectivity index (χ1v) is 9.51. The van der Waals surface area contributed by atoms with Gasteiger partial charge in [0.2, 0.25) is 5.69 Å². The number of amides is 1. The number of aromatic nitrogens is 1. The van der Waals surface area contributed by atoms with Crippen molar-refractivity contribution in [2.45, 2.75) is 19.4 Å². The molecule has 28 heavy (non-hydrogen) atoms. The molecule has 1 aromatic heterocycles. The Kier molecular flexibility index (Phi) is 4.94. The number of nitrogens with zero attached hydrogens (tertiary/aromatic N) is 2. The molecule has 0 fully saturated rings. The summed E-state index contributed by atoms with van der Waals surface area (Å²) in [6, 6.07) is 25.6. The minimum atomic E-state index is -0.159. The van der Waals surface area contributed by atoms with Crippen LogP contribution in [0.5, 0.6) is 0 Å². The molecule has 140 valence electrons. The molecule has 0 spiro atoms. The highest BCUT2D eigenvalue weighted by Crippen LogP contribution is 2.28. The molecule has 0 radical (unpaired) electrons. The van der Waals surface area contributed by atoms with Gasteiger partial charge in [-0.25, -0.2) is 0 Å². The van der Waals surface area contributed by atoms with Gasteiger partial charge in [-0.3, -0.25) is 4.79 Å². The second kappa shape index (κ2) is 7.69. The van der Waals surface area contributed by atoms with Crippen LogP contribution in [-0.4, -0.2) is 22.5 Å². The van der Waals surface area contributed by atoms with Crippen molar-refractivity contribution in [1.29, 1.82) is 0 Å². The van der Waals surface area contributed by atoms with Gasteiger partial charge in [-0.1, -0.05) is 48.5 Å². The molecular weight excluding hydrogens is 348 g/mol. The van der Waals surface area contributed by atoms with Crippen molar-refractivity contribution in [2.75, 3.05) is 6.54 Å². The minimum absolute atomic E-state index is 0.0683. The number of pyridine rings is 1. The van der Waals surface area contributed by atoms with E-state index in [-0.39, 0.29) is 17.7 Å². The normalized spacial score (nSPS) is 15.6. The van der Waals surface area contributed by atoms with Crippen LogP contribution in [0.25, 0.3) is 17.0 Å². The zero-order valence-electron chi connectivity index (χ0n) is 15.8. The molecule has 2 heterocycles. The Labute approximate surface area is 165 Å². The van der Waals surface area contributed by atoms with E-state index in [4.69, 9.17) is 0 Å². The smallest absolute Gasteiger partial charge is 0.323 e. The number of benzene rings is 2. The number of aliphatic hydroxyl groups excluding tert-OH is 1. The summed E-state index contributed by atoms with van der Waals surface area (Å²) in [5.41, 5.74) is 3.27. The van der Waals surface area contributed by atoms with Crippen molar-refractivity contribution in [3.8, 4) is 11.3 Å². The van der Waals surface area contributed by atoms with Crippen LogP contribution in [0.15, 0.2) is 90.8 Å². The van der Waals surface area contributed by atoms with E-state index in [0.29, 0.717) is 18.7 Å². The highest BCUT2D eigenvalue weighted by Gasteiger charge is 2.38. The van der Waals surface area contributed by atoms with Crippen molar-refractivity contribution in [1.82, 2.24) is 4.90 Å². The molecule has 4 rings (SSSR count). The van der Waals surface area contributed by atoms with Gasteiger partial charge in [0, 0.05) is 30.7 Å². The lowest BCUT2D eigenvalue weighted by atomic mass is 10.0. The Morgan fingerprint density at radius 1 is 0.929 bits per heavy atom. The summed E-state index contributed by atoms with van der Waals surface area (Å²) in [5, 5.41) is 10.6. The zero-order chi connectivity index (χ0) is 19.5. The fraction of sp³-hybridized carbons (Fsp3) is 0.167.